The van der Waals surface area contributed by atoms with E-state index in [0.29, 0.717) is 0 Å². The largest absolute Gasteiger partial charge is 0.631 e. The van der Waals surface area contributed by atoms with Crippen LogP contribution in [-0.4, -0.2) is 36.1 Å². The fourth-order valence-corrected chi connectivity index (χ4v) is 0. The molecule has 0 saturated carbocycles. The number of rotatable bonds is 1. The van der Waals surface area contributed by atoms with Gasteiger partial charge in [-0.2, -0.15) is 0 Å². The SMILES string of the molecule is CCOC.OB(O)O. The van der Waals surface area contributed by atoms with Crippen molar-refractivity contribution in [3.63, 3.8) is 0 Å². The van der Waals surface area contributed by atoms with Gasteiger partial charge in [0.2, 0.25) is 0 Å². The predicted molar refractivity (Wildman–Crippen MR) is 30.0 cm³/mol. The number of methoxy groups -OCH3 is 1. The van der Waals surface area contributed by atoms with Crippen LogP contribution in [0.4, 0.5) is 0 Å². The topological polar surface area (TPSA) is 69.9 Å². The lowest BCUT2D eigenvalue weighted by Gasteiger charge is -1.76. The Morgan fingerprint density at radius 2 is 1.50 bits per heavy atom. The molecule has 0 radical (unpaired) electrons. The van der Waals surface area contributed by atoms with Gasteiger partial charge in [-0.3, -0.25) is 0 Å². The maximum atomic E-state index is 7.17. The van der Waals surface area contributed by atoms with Crippen molar-refractivity contribution in [3.05, 3.63) is 0 Å². The minimum absolute atomic E-state index is 0.819. The van der Waals surface area contributed by atoms with Crippen LogP contribution < -0.4 is 0 Å². The minimum Gasteiger partial charge on any atom is -0.402 e. The van der Waals surface area contributed by atoms with Gasteiger partial charge in [0.1, 0.15) is 0 Å². The van der Waals surface area contributed by atoms with E-state index >= 15 is 0 Å². The summed E-state index contributed by atoms with van der Waals surface area (Å²) in [6.07, 6.45) is 0. The summed E-state index contributed by atoms with van der Waals surface area (Å²) < 4.78 is 4.54. The molecule has 0 aliphatic carbocycles. The normalized spacial score (nSPS) is 7.12. The van der Waals surface area contributed by atoms with Crippen LogP contribution in [0.2, 0.25) is 0 Å². The highest BCUT2D eigenvalue weighted by atomic mass is 16.5. The van der Waals surface area contributed by atoms with Crippen LogP contribution in [0.25, 0.3) is 0 Å². The summed E-state index contributed by atoms with van der Waals surface area (Å²) >= 11 is 0. The van der Waals surface area contributed by atoms with Gasteiger partial charge < -0.3 is 19.8 Å². The van der Waals surface area contributed by atoms with Gasteiger partial charge >= 0.3 is 7.32 Å². The van der Waals surface area contributed by atoms with E-state index in [2.05, 4.69) is 4.74 Å². The number of hydrogen-bond donors (Lipinski definition) is 3. The van der Waals surface area contributed by atoms with E-state index in [0.717, 1.165) is 6.61 Å². The summed E-state index contributed by atoms with van der Waals surface area (Å²) in [5, 5.41) is 21.5. The Morgan fingerprint density at radius 1 is 1.38 bits per heavy atom. The first-order valence-corrected chi connectivity index (χ1v) is 2.18. The van der Waals surface area contributed by atoms with Crippen molar-refractivity contribution in [2.24, 2.45) is 0 Å². The van der Waals surface area contributed by atoms with Crippen LogP contribution in [0.1, 0.15) is 6.92 Å². The Hall–Kier alpha value is -0.0951. The van der Waals surface area contributed by atoms with Gasteiger partial charge in [0, 0.05) is 13.7 Å². The first-order valence-electron chi connectivity index (χ1n) is 2.18. The minimum atomic E-state index is -2.17. The highest BCUT2D eigenvalue weighted by Gasteiger charge is 1.92. The number of hydrogen-bond acceptors (Lipinski definition) is 4. The van der Waals surface area contributed by atoms with Crippen molar-refractivity contribution < 1.29 is 19.8 Å². The third kappa shape index (κ3) is 173. The van der Waals surface area contributed by atoms with Gasteiger partial charge in [-0.15, -0.1) is 0 Å². The zero-order valence-electron chi connectivity index (χ0n) is 5.03. The Balaban J connectivity index is 0. The van der Waals surface area contributed by atoms with E-state index in [1.807, 2.05) is 6.92 Å². The molecular weight excluding hydrogens is 111 g/mol. The molecule has 0 unspecified atom stereocenters. The molecule has 0 aromatic carbocycles. The lowest BCUT2D eigenvalue weighted by Crippen LogP contribution is -2.07. The molecule has 5 heteroatoms. The lowest BCUT2D eigenvalue weighted by atomic mass is 10.3. The van der Waals surface area contributed by atoms with E-state index < -0.39 is 7.32 Å². The Morgan fingerprint density at radius 3 is 1.50 bits per heavy atom. The Kier molecular flexibility index (Phi) is 13.5. The standard InChI is InChI=1S/C3H8O.BH3O3/c1-3-4-2;2-1(3)4/h3H2,1-2H3;2-4H. The fraction of sp³-hybridized carbons (Fsp3) is 1.00. The molecule has 8 heavy (non-hydrogen) atoms. The quantitative estimate of drug-likeness (QED) is 0.374. The average molecular weight is 122 g/mol. The Bertz CT molecular complexity index is 27.7. The summed E-state index contributed by atoms with van der Waals surface area (Å²) in [5.74, 6) is 0. The van der Waals surface area contributed by atoms with Crippen molar-refractivity contribution in [1.29, 1.82) is 0 Å². The van der Waals surface area contributed by atoms with Crippen molar-refractivity contribution in [3.8, 4) is 0 Å². The van der Waals surface area contributed by atoms with E-state index in [1.54, 1.807) is 7.11 Å². The van der Waals surface area contributed by atoms with Gasteiger partial charge in [-0.05, 0) is 6.92 Å². The summed E-state index contributed by atoms with van der Waals surface area (Å²) in [4.78, 5) is 0. The highest BCUT2D eigenvalue weighted by Crippen LogP contribution is 1.52. The molecular formula is C3H11BO4. The monoisotopic (exact) mass is 122 g/mol. The van der Waals surface area contributed by atoms with Gasteiger partial charge in [0.15, 0.2) is 0 Å². The second kappa shape index (κ2) is 10.0. The van der Waals surface area contributed by atoms with Crippen LogP contribution >= 0.6 is 0 Å². The molecule has 0 aliphatic rings. The lowest BCUT2D eigenvalue weighted by molar-refractivity contribution is 0.215. The third-order valence-electron chi connectivity index (χ3n) is 0.289. The molecule has 4 nitrogen and oxygen atoms in total. The molecule has 0 amide bonds. The summed E-state index contributed by atoms with van der Waals surface area (Å²) in [5.41, 5.74) is 0. The molecule has 0 saturated heterocycles. The van der Waals surface area contributed by atoms with Crippen LogP contribution in [0, 0.1) is 0 Å². The van der Waals surface area contributed by atoms with Crippen LogP contribution in [0.5, 0.6) is 0 Å². The average Bonchev–Trinajstić information content (AvgIpc) is 1.65. The van der Waals surface area contributed by atoms with E-state index in [-0.39, 0.29) is 0 Å². The Labute approximate surface area is 48.9 Å². The van der Waals surface area contributed by atoms with Crippen molar-refractivity contribution in [2.75, 3.05) is 13.7 Å². The molecule has 0 aromatic rings. The molecule has 0 aromatic heterocycles. The summed E-state index contributed by atoms with van der Waals surface area (Å²) in [6, 6.07) is 0. The smallest absolute Gasteiger partial charge is 0.402 e. The zero-order chi connectivity index (χ0) is 6.99. The van der Waals surface area contributed by atoms with Gasteiger partial charge in [-0.25, -0.2) is 0 Å². The maximum absolute atomic E-state index is 7.17. The summed E-state index contributed by atoms with van der Waals surface area (Å²) in [6.45, 7) is 2.78. The molecule has 0 fully saturated rings. The van der Waals surface area contributed by atoms with E-state index in [4.69, 9.17) is 15.1 Å². The van der Waals surface area contributed by atoms with Crippen molar-refractivity contribution >= 4 is 7.32 Å². The molecule has 50 valence electrons. The van der Waals surface area contributed by atoms with Crippen molar-refractivity contribution in [2.45, 2.75) is 6.92 Å². The molecule has 0 heterocycles. The molecule has 0 spiro atoms. The first-order chi connectivity index (χ1) is 3.65. The fourth-order valence-electron chi connectivity index (χ4n) is 0. The second-order valence-electron chi connectivity index (χ2n) is 0.924. The molecule has 0 atom stereocenters. The van der Waals surface area contributed by atoms with E-state index in [1.165, 1.54) is 0 Å². The first kappa shape index (κ1) is 10.8. The molecule has 0 rings (SSSR count). The summed E-state index contributed by atoms with van der Waals surface area (Å²) in [7, 11) is -0.486. The second-order valence-corrected chi connectivity index (χ2v) is 0.924. The van der Waals surface area contributed by atoms with Crippen molar-refractivity contribution in [1.82, 2.24) is 0 Å². The van der Waals surface area contributed by atoms with Gasteiger partial charge in [0.05, 0.1) is 0 Å². The zero-order valence-corrected chi connectivity index (χ0v) is 5.03. The predicted octanol–water partition coefficient (Wildman–Crippen LogP) is -1.40. The van der Waals surface area contributed by atoms with Gasteiger partial charge in [0.25, 0.3) is 0 Å². The third-order valence-corrected chi connectivity index (χ3v) is 0.289. The van der Waals surface area contributed by atoms with Gasteiger partial charge in [-0.1, -0.05) is 0 Å². The van der Waals surface area contributed by atoms with Crippen LogP contribution in [0.15, 0.2) is 0 Å². The number of ether oxygens (including phenoxy) is 1. The van der Waals surface area contributed by atoms with E-state index in [9.17, 15) is 0 Å². The molecule has 3 N–H and O–H groups in total. The molecule has 0 aliphatic heterocycles. The van der Waals surface area contributed by atoms with Crippen LogP contribution in [0.3, 0.4) is 0 Å². The maximum Gasteiger partial charge on any atom is 0.631 e. The molecule has 0 bridgehead atoms. The highest BCUT2D eigenvalue weighted by molar-refractivity contribution is 6.30. The van der Waals surface area contributed by atoms with Crippen LogP contribution in [-0.2, 0) is 4.74 Å².